The van der Waals surface area contributed by atoms with Gasteiger partial charge in [0.1, 0.15) is 0 Å². The zero-order valence-electron chi connectivity index (χ0n) is 12.8. The Bertz CT molecular complexity index is 497. The number of likely N-dealkylation sites (tertiary alicyclic amines) is 1. The number of piperidine rings is 1. The first-order valence-corrected chi connectivity index (χ1v) is 8.51. The van der Waals surface area contributed by atoms with Crippen LogP contribution in [0.15, 0.2) is 12.1 Å². The molecule has 0 saturated carbocycles. The fourth-order valence-corrected chi connectivity index (χ4v) is 3.43. The first kappa shape index (κ1) is 17.4. The van der Waals surface area contributed by atoms with E-state index in [-0.39, 0.29) is 6.04 Å². The molecule has 1 atom stereocenters. The van der Waals surface area contributed by atoms with Gasteiger partial charge in [-0.15, -0.1) is 0 Å². The van der Waals surface area contributed by atoms with Crippen molar-refractivity contribution in [3.63, 3.8) is 0 Å². The summed E-state index contributed by atoms with van der Waals surface area (Å²) in [5.74, 6) is 0. The molecule has 1 N–H and O–H groups in total. The molecule has 2 nitrogen and oxygen atoms in total. The molecule has 118 valence electrons. The summed E-state index contributed by atoms with van der Waals surface area (Å²) < 4.78 is 0. The number of nitrogens with zero attached hydrogens (tertiary/aromatic N) is 1. The maximum absolute atomic E-state index is 6.31. The Balaban J connectivity index is 1.99. The molecule has 0 radical (unpaired) electrons. The van der Waals surface area contributed by atoms with E-state index < -0.39 is 0 Å². The maximum Gasteiger partial charge on any atom is 0.0781 e. The van der Waals surface area contributed by atoms with Gasteiger partial charge in [-0.3, -0.25) is 0 Å². The molecule has 1 aliphatic heterocycles. The fourth-order valence-electron chi connectivity index (χ4n) is 2.72. The molecule has 21 heavy (non-hydrogen) atoms. The average Bonchev–Trinajstić information content (AvgIpc) is 2.46. The van der Waals surface area contributed by atoms with Gasteiger partial charge in [-0.05, 0) is 56.9 Å². The lowest BCUT2D eigenvalue weighted by Gasteiger charge is -2.38. The quantitative estimate of drug-likeness (QED) is 0.767. The molecule has 0 aromatic heterocycles. The Morgan fingerprint density at radius 1 is 1.19 bits per heavy atom. The summed E-state index contributed by atoms with van der Waals surface area (Å²) in [5, 5.41) is 5.10. The largest absolute Gasteiger partial charge is 0.310 e. The smallest absolute Gasteiger partial charge is 0.0781 e. The molecular weight excluding hydrogens is 327 g/mol. The van der Waals surface area contributed by atoms with Crippen molar-refractivity contribution >= 4 is 34.8 Å². The molecule has 2 rings (SSSR count). The molecule has 1 aliphatic rings. The molecule has 1 aromatic rings. The van der Waals surface area contributed by atoms with E-state index in [0.717, 1.165) is 12.1 Å². The van der Waals surface area contributed by atoms with Crippen LogP contribution in [0.3, 0.4) is 0 Å². The van der Waals surface area contributed by atoms with Crippen LogP contribution in [0.2, 0.25) is 15.1 Å². The van der Waals surface area contributed by atoms with Crippen molar-refractivity contribution in [1.29, 1.82) is 0 Å². The van der Waals surface area contributed by atoms with Crippen molar-refractivity contribution in [1.82, 2.24) is 10.2 Å². The van der Waals surface area contributed by atoms with E-state index in [1.165, 1.54) is 25.9 Å². The van der Waals surface area contributed by atoms with Crippen LogP contribution in [0.4, 0.5) is 0 Å². The number of halogens is 3. The van der Waals surface area contributed by atoms with Crippen LogP contribution in [0.25, 0.3) is 0 Å². The fraction of sp³-hybridized carbons (Fsp3) is 0.625. The normalized spacial score (nSPS) is 20.5. The number of benzene rings is 1. The SMILES string of the molecule is CC(NCC1(C)CCN(C)CC1)c1ccc(Cl)c(Cl)c1Cl. The predicted molar refractivity (Wildman–Crippen MR) is 92.7 cm³/mol. The third kappa shape index (κ3) is 4.27. The molecule has 0 amide bonds. The van der Waals surface area contributed by atoms with Gasteiger partial charge in [-0.25, -0.2) is 0 Å². The second kappa shape index (κ2) is 7.06. The van der Waals surface area contributed by atoms with E-state index in [0.29, 0.717) is 20.5 Å². The Hall–Kier alpha value is 0.01000. The second-order valence-corrected chi connectivity index (χ2v) is 7.64. The van der Waals surface area contributed by atoms with Gasteiger partial charge in [0.05, 0.1) is 15.1 Å². The standard InChI is InChI=1S/C16H23Cl3N2/c1-11(12-4-5-13(17)15(19)14(12)18)20-10-16(2)6-8-21(3)9-7-16/h4-5,11,20H,6-10H2,1-3H3. The van der Waals surface area contributed by atoms with E-state index in [4.69, 9.17) is 34.8 Å². The summed E-state index contributed by atoms with van der Waals surface area (Å²) in [6.45, 7) is 7.79. The van der Waals surface area contributed by atoms with Gasteiger partial charge >= 0.3 is 0 Å². The predicted octanol–water partition coefficient (Wildman–Crippen LogP) is 5.03. The Kier molecular flexibility index (Phi) is 5.84. The Morgan fingerprint density at radius 3 is 2.43 bits per heavy atom. The number of hydrogen-bond donors (Lipinski definition) is 1. The van der Waals surface area contributed by atoms with E-state index in [1.807, 2.05) is 6.07 Å². The molecule has 0 aliphatic carbocycles. The van der Waals surface area contributed by atoms with Crippen LogP contribution < -0.4 is 5.32 Å². The minimum atomic E-state index is 0.156. The van der Waals surface area contributed by atoms with Gasteiger partial charge in [0.15, 0.2) is 0 Å². The lowest BCUT2D eigenvalue weighted by molar-refractivity contribution is 0.134. The highest BCUT2D eigenvalue weighted by molar-refractivity contribution is 6.48. The molecule has 1 aromatic carbocycles. The zero-order chi connectivity index (χ0) is 15.6. The highest BCUT2D eigenvalue weighted by atomic mass is 35.5. The zero-order valence-corrected chi connectivity index (χ0v) is 15.1. The third-order valence-corrected chi connectivity index (χ3v) is 5.87. The molecule has 5 heteroatoms. The summed E-state index contributed by atoms with van der Waals surface area (Å²) in [6.07, 6.45) is 2.44. The number of nitrogens with one attached hydrogen (secondary N) is 1. The maximum atomic E-state index is 6.31. The molecule has 1 fully saturated rings. The molecule has 1 heterocycles. The van der Waals surface area contributed by atoms with Crippen molar-refractivity contribution in [2.24, 2.45) is 5.41 Å². The highest BCUT2D eigenvalue weighted by Gasteiger charge is 2.29. The molecule has 0 spiro atoms. The second-order valence-electron chi connectivity index (χ2n) is 6.48. The molecule has 0 bridgehead atoms. The molecule has 1 saturated heterocycles. The lowest BCUT2D eigenvalue weighted by atomic mass is 9.80. The van der Waals surface area contributed by atoms with Crippen LogP contribution >= 0.6 is 34.8 Å². The highest BCUT2D eigenvalue weighted by Crippen LogP contribution is 2.36. The van der Waals surface area contributed by atoms with E-state index in [1.54, 1.807) is 6.07 Å². The van der Waals surface area contributed by atoms with Crippen LogP contribution in [0.5, 0.6) is 0 Å². The van der Waals surface area contributed by atoms with Crippen molar-refractivity contribution in [3.8, 4) is 0 Å². The van der Waals surface area contributed by atoms with Gasteiger partial charge in [-0.2, -0.15) is 0 Å². The lowest BCUT2D eigenvalue weighted by Crippen LogP contribution is -2.42. The topological polar surface area (TPSA) is 15.3 Å². The van der Waals surface area contributed by atoms with Gasteiger partial charge in [0, 0.05) is 12.6 Å². The van der Waals surface area contributed by atoms with Crippen LogP contribution in [0.1, 0.15) is 38.3 Å². The van der Waals surface area contributed by atoms with Crippen LogP contribution in [0, 0.1) is 5.41 Å². The van der Waals surface area contributed by atoms with Crippen molar-refractivity contribution in [2.45, 2.75) is 32.7 Å². The summed E-state index contributed by atoms with van der Waals surface area (Å²) in [6, 6.07) is 3.91. The summed E-state index contributed by atoms with van der Waals surface area (Å²) >= 11 is 18.4. The van der Waals surface area contributed by atoms with Gasteiger partial charge in [-0.1, -0.05) is 47.8 Å². The van der Waals surface area contributed by atoms with E-state index in [9.17, 15) is 0 Å². The average molecular weight is 350 g/mol. The number of rotatable bonds is 4. The Morgan fingerprint density at radius 2 is 1.81 bits per heavy atom. The van der Waals surface area contributed by atoms with Gasteiger partial charge in [0.25, 0.3) is 0 Å². The van der Waals surface area contributed by atoms with Gasteiger partial charge in [0.2, 0.25) is 0 Å². The van der Waals surface area contributed by atoms with E-state index in [2.05, 4.69) is 31.1 Å². The Labute approximate surface area is 142 Å². The first-order valence-electron chi connectivity index (χ1n) is 7.38. The van der Waals surface area contributed by atoms with Crippen molar-refractivity contribution in [2.75, 3.05) is 26.7 Å². The summed E-state index contributed by atoms with van der Waals surface area (Å²) in [7, 11) is 2.19. The number of hydrogen-bond acceptors (Lipinski definition) is 2. The third-order valence-electron chi connectivity index (χ3n) is 4.56. The van der Waals surface area contributed by atoms with Gasteiger partial charge < -0.3 is 10.2 Å². The summed E-state index contributed by atoms with van der Waals surface area (Å²) in [5.41, 5.74) is 1.35. The minimum absolute atomic E-state index is 0.156. The molecular formula is C16H23Cl3N2. The summed E-state index contributed by atoms with van der Waals surface area (Å²) in [4.78, 5) is 2.39. The molecule has 1 unspecified atom stereocenters. The monoisotopic (exact) mass is 348 g/mol. The minimum Gasteiger partial charge on any atom is -0.310 e. The van der Waals surface area contributed by atoms with Crippen molar-refractivity contribution < 1.29 is 0 Å². The first-order chi connectivity index (χ1) is 9.82. The van der Waals surface area contributed by atoms with Crippen molar-refractivity contribution in [3.05, 3.63) is 32.8 Å². The van der Waals surface area contributed by atoms with Crippen LogP contribution in [-0.4, -0.2) is 31.6 Å². The van der Waals surface area contributed by atoms with Crippen LogP contribution in [-0.2, 0) is 0 Å². The van der Waals surface area contributed by atoms with E-state index >= 15 is 0 Å².